The van der Waals surface area contributed by atoms with Crippen molar-refractivity contribution in [1.29, 1.82) is 0 Å². The highest BCUT2D eigenvalue weighted by atomic mass is 32.2. The van der Waals surface area contributed by atoms with Crippen molar-refractivity contribution in [1.82, 2.24) is 0 Å². The third-order valence-corrected chi connectivity index (χ3v) is 4.68. The van der Waals surface area contributed by atoms with Crippen LogP contribution in [0.2, 0.25) is 0 Å². The lowest BCUT2D eigenvalue weighted by Gasteiger charge is -2.03. The second kappa shape index (κ2) is 5.10. The van der Waals surface area contributed by atoms with Crippen LogP contribution in [-0.4, -0.2) is 16.3 Å². The van der Waals surface area contributed by atoms with Crippen LogP contribution in [-0.2, 0) is 0 Å². The zero-order valence-corrected chi connectivity index (χ0v) is 11.1. The molecule has 2 aromatic rings. The summed E-state index contributed by atoms with van der Waals surface area (Å²) in [6.45, 7) is 0. The Morgan fingerprint density at radius 3 is 2.63 bits per heavy atom. The molecule has 0 saturated heterocycles. The zero-order valence-electron chi connectivity index (χ0n) is 10.3. The Bertz CT molecular complexity index is 595. The van der Waals surface area contributed by atoms with Crippen LogP contribution in [0.3, 0.4) is 0 Å². The fourth-order valence-electron chi connectivity index (χ4n) is 2.23. The molecule has 2 atom stereocenters. The average Bonchev–Trinajstić information content (AvgIpc) is 3.19. The number of hydrogen-bond donors (Lipinski definition) is 1. The van der Waals surface area contributed by atoms with Crippen molar-refractivity contribution in [2.45, 2.75) is 22.5 Å². The molecule has 1 saturated carbocycles. The summed E-state index contributed by atoms with van der Waals surface area (Å²) in [6.07, 6.45) is 1.17. The van der Waals surface area contributed by atoms with Crippen LogP contribution in [0, 0.1) is 0 Å². The Hall–Kier alpha value is -1.74. The molecule has 2 aromatic carbocycles. The molecule has 19 heavy (non-hydrogen) atoms. The Kier molecular flexibility index (Phi) is 3.30. The van der Waals surface area contributed by atoms with E-state index in [4.69, 9.17) is 5.11 Å². The van der Waals surface area contributed by atoms with E-state index in [0.29, 0.717) is 16.7 Å². The molecule has 1 N–H and O–H groups in total. The van der Waals surface area contributed by atoms with Gasteiger partial charge >= 0.3 is 5.97 Å². The SMILES string of the molecule is O=C(O)c1cccc(SC2CC2c2ccccc2)c1. The molecule has 2 unspecified atom stereocenters. The van der Waals surface area contributed by atoms with Crippen molar-refractivity contribution in [3.8, 4) is 0 Å². The second-order valence-electron chi connectivity index (χ2n) is 4.74. The van der Waals surface area contributed by atoms with Gasteiger partial charge in [0.25, 0.3) is 0 Å². The van der Waals surface area contributed by atoms with Gasteiger partial charge in [-0.25, -0.2) is 4.79 Å². The predicted octanol–water partition coefficient (Wildman–Crippen LogP) is 4.03. The second-order valence-corrected chi connectivity index (χ2v) is 6.05. The summed E-state index contributed by atoms with van der Waals surface area (Å²) in [5, 5.41) is 9.56. The lowest BCUT2D eigenvalue weighted by Crippen LogP contribution is -1.95. The topological polar surface area (TPSA) is 37.3 Å². The molecule has 0 heterocycles. The molecule has 0 spiro atoms. The summed E-state index contributed by atoms with van der Waals surface area (Å²) in [7, 11) is 0. The standard InChI is InChI=1S/C16H14O2S/c17-16(18)12-7-4-8-13(9-12)19-15-10-14(15)11-5-2-1-3-6-11/h1-9,14-15H,10H2,(H,17,18). The smallest absolute Gasteiger partial charge is 0.335 e. The van der Waals surface area contributed by atoms with Crippen LogP contribution in [0.1, 0.15) is 28.3 Å². The molecular formula is C16H14O2S. The minimum Gasteiger partial charge on any atom is -0.478 e. The number of carbonyl (C=O) groups is 1. The Morgan fingerprint density at radius 1 is 1.11 bits per heavy atom. The van der Waals surface area contributed by atoms with Gasteiger partial charge in [-0.05, 0) is 36.1 Å². The number of benzene rings is 2. The first kappa shape index (κ1) is 12.3. The van der Waals surface area contributed by atoms with Gasteiger partial charge < -0.3 is 5.11 Å². The fraction of sp³-hybridized carbons (Fsp3) is 0.188. The maximum absolute atomic E-state index is 10.9. The highest BCUT2D eigenvalue weighted by Crippen LogP contribution is 2.51. The van der Waals surface area contributed by atoms with Crippen molar-refractivity contribution in [3.63, 3.8) is 0 Å². The number of carboxylic acid groups (broad SMARTS) is 1. The first-order chi connectivity index (χ1) is 9.24. The molecule has 0 aromatic heterocycles. The zero-order chi connectivity index (χ0) is 13.2. The van der Waals surface area contributed by atoms with Crippen LogP contribution < -0.4 is 0 Å². The molecule has 2 nitrogen and oxygen atoms in total. The van der Waals surface area contributed by atoms with Crippen molar-refractivity contribution >= 4 is 17.7 Å². The van der Waals surface area contributed by atoms with Crippen LogP contribution in [0.4, 0.5) is 0 Å². The van der Waals surface area contributed by atoms with Gasteiger partial charge in [0.2, 0.25) is 0 Å². The molecule has 1 fully saturated rings. The van der Waals surface area contributed by atoms with E-state index < -0.39 is 5.97 Å². The first-order valence-electron chi connectivity index (χ1n) is 6.29. The summed E-state index contributed by atoms with van der Waals surface area (Å²) in [6, 6.07) is 17.7. The summed E-state index contributed by atoms with van der Waals surface area (Å²) >= 11 is 1.78. The highest BCUT2D eigenvalue weighted by Gasteiger charge is 2.38. The Labute approximate surface area is 116 Å². The largest absolute Gasteiger partial charge is 0.478 e. The minimum absolute atomic E-state index is 0.363. The molecule has 1 aliphatic carbocycles. The lowest BCUT2D eigenvalue weighted by atomic mass is 10.1. The van der Waals surface area contributed by atoms with E-state index >= 15 is 0 Å². The number of rotatable bonds is 4. The van der Waals surface area contributed by atoms with Gasteiger partial charge in [0.1, 0.15) is 0 Å². The van der Waals surface area contributed by atoms with Crippen LogP contribution in [0.5, 0.6) is 0 Å². The quantitative estimate of drug-likeness (QED) is 0.911. The van der Waals surface area contributed by atoms with E-state index in [0.717, 1.165) is 4.90 Å². The van der Waals surface area contributed by atoms with Crippen LogP contribution >= 0.6 is 11.8 Å². The van der Waals surface area contributed by atoms with E-state index in [1.165, 1.54) is 12.0 Å². The molecule has 96 valence electrons. The predicted molar refractivity (Wildman–Crippen MR) is 76.8 cm³/mol. The monoisotopic (exact) mass is 270 g/mol. The van der Waals surface area contributed by atoms with Crippen molar-refractivity contribution < 1.29 is 9.90 Å². The van der Waals surface area contributed by atoms with E-state index in [1.54, 1.807) is 23.9 Å². The van der Waals surface area contributed by atoms with Gasteiger partial charge in [-0.2, -0.15) is 0 Å². The van der Waals surface area contributed by atoms with E-state index in [9.17, 15) is 4.79 Å². The number of carboxylic acids is 1. The van der Waals surface area contributed by atoms with Crippen LogP contribution in [0.25, 0.3) is 0 Å². The Morgan fingerprint density at radius 2 is 1.89 bits per heavy atom. The van der Waals surface area contributed by atoms with Gasteiger partial charge in [-0.3, -0.25) is 0 Å². The molecule has 0 amide bonds. The average molecular weight is 270 g/mol. The molecular weight excluding hydrogens is 256 g/mol. The van der Waals surface area contributed by atoms with Gasteiger partial charge in [-0.1, -0.05) is 36.4 Å². The summed E-state index contributed by atoms with van der Waals surface area (Å²) < 4.78 is 0. The van der Waals surface area contributed by atoms with Crippen molar-refractivity contribution in [2.24, 2.45) is 0 Å². The third-order valence-electron chi connectivity index (χ3n) is 3.33. The van der Waals surface area contributed by atoms with E-state index in [-0.39, 0.29) is 0 Å². The van der Waals surface area contributed by atoms with Gasteiger partial charge in [0.15, 0.2) is 0 Å². The maximum atomic E-state index is 10.9. The Balaban J connectivity index is 1.68. The highest BCUT2D eigenvalue weighted by molar-refractivity contribution is 8.00. The van der Waals surface area contributed by atoms with Crippen molar-refractivity contribution in [2.75, 3.05) is 0 Å². The van der Waals surface area contributed by atoms with Crippen molar-refractivity contribution in [3.05, 3.63) is 65.7 Å². The molecule has 3 heteroatoms. The van der Waals surface area contributed by atoms with E-state index in [2.05, 4.69) is 24.3 Å². The molecule has 1 aliphatic rings. The number of aromatic carboxylic acids is 1. The fourth-order valence-corrected chi connectivity index (χ4v) is 3.56. The normalized spacial score (nSPS) is 21.1. The summed E-state index contributed by atoms with van der Waals surface area (Å²) in [5.74, 6) is -0.252. The number of hydrogen-bond acceptors (Lipinski definition) is 2. The van der Waals surface area contributed by atoms with Crippen LogP contribution in [0.15, 0.2) is 59.5 Å². The minimum atomic E-state index is -0.863. The molecule has 3 rings (SSSR count). The maximum Gasteiger partial charge on any atom is 0.335 e. The van der Waals surface area contributed by atoms with Gasteiger partial charge in [-0.15, -0.1) is 11.8 Å². The summed E-state index contributed by atoms with van der Waals surface area (Å²) in [4.78, 5) is 12.0. The van der Waals surface area contributed by atoms with Gasteiger partial charge in [0, 0.05) is 10.1 Å². The third kappa shape index (κ3) is 2.82. The first-order valence-corrected chi connectivity index (χ1v) is 7.17. The number of thioether (sulfide) groups is 1. The summed E-state index contributed by atoms with van der Waals surface area (Å²) in [5.41, 5.74) is 1.75. The molecule has 0 radical (unpaired) electrons. The van der Waals surface area contributed by atoms with Gasteiger partial charge in [0.05, 0.1) is 5.56 Å². The molecule has 0 aliphatic heterocycles. The van der Waals surface area contributed by atoms with E-state index in [1.807, 2.05) is 18.2 Å². The molecule has 0 bridgehead atoms. The lowest BCUT2D eigenvalue weighted by molar-refractivity contribution is 0.0696.